The minimum Gasteiger partial charge on any atom is -0.481 e. The summed E-state index contributed by atoms with van der Waals surface area (Å²) >= 11 is 0. The molecule has 0 atom stereocenters. The van der Waals surface area contributed by atoms with Gasteiger partial charge in [-0.3, -0.25) is 0 Å². The minimum atomic E-state index is 0.593. The summed E-state index contributed by atoms with van der Waals surface area (Å²) in [6.45, 7) is 3.95. The lowest BCUT2D eigenvalue weighted by Crippen LogP contribution is -2.23. The molecule has 7 nitrogen and oxygen atoms in total. The van der Waals surface area contributed by atoms with Crippen molar-refractivity contribution in [3.05, 3.63) is 72.4 Å². The summed E-state index contributed by atoms with van der Waals surface area (Å²) in [5, 5.41) is 14.5. The number of nitrogens with one attached hydrogen (secondary N) is 1. The zero-order valence-electron chi connectivity index (χ0n) is 17.1. The summed E-state index contributed by atoms with van der Waals surface area (Å²) < 4.78 is 5.17. The zero-order chi connectivity index (χ0) is 20.8. The van der Waals surface area contributed by atoms with Crippen molar-refractivity contribution in [2.75, 3.05) is 18.6 Å². The Bertz CT molecular complexity index is 1060. The Kier molecular flexibility index (Phi) is 5.98. The van der Waals surface area contributed by atoms with Gasteiger partial charge in [-0.1, -0.05) is 55.5 Å². The van der Waals surface area contributed by atoms with E-state index in [1.54, 1.807) is 7.11 Å². The van der Waals surface area contributed by atoms with Crippen molar-refractivity contribution in [3.63, 3.8) is 0 Å². The fourth-order valence-electron chi connectivity index (χ4n) is 3.47. The van der Waals surface area contributed by atoms with Crippen molar-refractivity contribution in [2.24, 2.45) is 0 Å². The van der Waals surface area contributed by atoms with Crippen molar-refractivity contribution in [2.45, 2.75) is 19.9 Å². The first-order chi connectivity index (χ1) is 14.8. The molecule has 0 aliphatic carbocycles. The van der Waals surface area contributed by atoms with E-state index >= 15 is 0 Å². The Balaban J connectivity index is 1.56. The molecule has 0 bridgehead atoms. The van der Waals surface area contributed by atoms with Crippen molar-refractivity contribution in [1.82, 2.24) is 25.6 Å². The van der Waals surface area contributed by atoms with Crippen LogP contribution < -0.4 is 9.64 Å². The first-order valence-electron chi connectivity index (χ1n) is 9.95. The van der Waals surface area contributed by atoms with Gasteiger partial charge in [-0.2, -0.15) is 5.21 Å². The number of tetrazole rings is 1. The summed E-state index contributed by atoms with van der Waals surface area (Å²) in [5.74, 6) is 1.22. The summed E-state index contributed by atoms with van der Waals surface area (Å²) in [7, 11) is 1.63. The number of hydrogen-bond acceptors (Lipinski definition) is 6. The van der Waals surface area contributed by atoms with Gasteiger partial charge < -0.3 is 9.64 Å². The summed E-state index contributed by atoms with van der Waals surface area (Å²) in [5.41, 5.74) is 5.47. The van der Waals surface area contributed by atoms with Gasteiger partial charge in [0.2, 0.25) is 11.7 Å². The predicted octanol–water partition coefficient (Wildman–Crippen LogP) is 4.35. The zero-order valence-corrected chi connectivity index (χ0v) is 17.1. The summed E-state index contributed by atoms with van der Waals surface area (Å²) in [6, 6.07) is 20.7. The Hall–Kier alpha value is -3.74. The molecular weight excluding hydrogens is 376 g/mol. The number of hydrogen-bond donors (Lipinski definition) is 1. The SMILES string of the molecule is CCCN(Cc1ccc(-c2ccccc2-c2nn[nH]n2)cc1)c1ccc(OC)nc1. The highest BCUT2D eigenvalue weighted by Gasteiger charge is 2.12. The van der Waals surface area contributed by atoms with E-state index in [1.807, 2.05) is 30.5 Å². The number of ether oxygens (including phenoxy) is 1. The number of benzene rings is 2. The van der Waals surface area contributed by atoms with Crippen LogP contribution in [0.1, 0.15) is 18.9 Å². The number of H-pyrrole nitrogens is 1. The van der Waals surface area contributed by atoms with Crippen LogP contribution in [0.4, 0.5) is 5.69 Å². The molecule has 2 aromatic heterocycles. The maximum Gasteiger partial charge on any atom is 0.213 e. The van der Waals surface area contributed by atoms with Crippen LogP contribution in [0.5, 0.6) is 5.88 Å². The molecule has 0 saturated heterocycles. The highest BCUT2D eigenvalue weighted by molar-refractivity contribution is 5.80. The molecule has 0 saturated carbocycles. The predicted molar refractivity (Wildman–Crippen MR) is 117 cm³/mol. The largest absolute Gasteiger partial charge is 0.481 e. The second-order valence-electron chi connectivity index (χ2n) is 6.96. The first-order valence-corrected chi connectivity index (χ1v) is 9.95. The third-order valence-corrected chi connectivity index (χ3v) is 4.94. The number of methoxy groups -OCH3 is 1. The number of aromatic amines is 1. The number of pyridine rings is 1. The van der Waals surface area contributed by atoms with Gasteiger partial charge >= 0.3 is 0 Å². The fraction of sp³-hybridized carbons (Fsp3) is 0.217. The molecule has 152 valence electrons. The van der Waals surface area contributed by atoms with E-state index in [2.05, 4.69) is 73.8 Å². The quantitative estimate of drug-likeness (QED) is 0.474. The normalized spacial score (nSPS) is 10.7. The van der Waals surface area contributed by atoms with Crippen LogP contribution in [0.3, 0.4) is 0 Å². The molecule has 0 spiro atoms. The van der Waals surface area contributed by atoms with Crippen molar-refractivity contribution >= 4 is 5.69 Å². The maximum absolute atomic E-state index is 5.17. The van der Waals surface area contributed by atoms with E-state index in [0.717, 1.165) is 41.9 Å². The minimum absolute atomic E-state index is 0.593. The summed E-state index contributed by atoms with van der Waals surface area (Å²) in [6.07, 6.45) is 2.92. The fourth-order valence-corrected chi connectivity index (χ4v) is 3.47. The molecule has 0 radical (unpaired) electrons. The van der Waals surface area contributed by atoms with Crippen LogP contribution in [-0.2, 0) is 6.54 Å². The molecule has 1 N–H and O–H groups in total. The van der Waals surface area contributed by atoms with Crippen LogP contribution in [0.2, 0.25) is 0 Å². The van der Waals surface area contributed by atoms with Gasteiger partial charge in [0.1, 0.15) is 0 Å². The molecule has 0 aliphatic heterocycles. The Morgan fingerprint density at radius 1 is 0.967 bits per heavy atom. The topological polar surface area (TPSA) is 79.8 Å². The Morgan fingerprint density at radius 2 is 1.77 bits per heavy atom. The third kappa shape index (κ3) is 4.30. The monoisotopic (exact) mass is 400 g/mol. The lowest BCUT2D eigenvalue weighted by molar-refractivity contribution is 0.398. The molecular formula is C23H24N6O. The average molecular weight is 400 g/mol. The number of anilines is 1. The highest BCUT2D eigenvalue weighted by Crippen LogP contribution is 2.30. The molecule has 7 heteroatoms. The smallest absolute Gasteiger partial charge is 0.213 e. The van der Waals surface area contributed by atoms with Crippen LogP contribution in [0.25, 0.3) is 22.5 Å². The van der Waals surface area contributed by atoms with E-state index in [9.17, 15) is 0 Å². The molecule has 0 unspecified atom stereocenters. The first kappa shape index (κ1) is 19.6. The number of nitrogens with zero attached hydrogens (tertiary/aromatic N) is 5. The number of aromatic nitrogens is 5. The average Bonchev–Trinajstić information content (AvgIpc) is 3.34. The summed E-state index contributed by atoms with van der Waals surface area (Å²) in [4.78, 5) is 6.67. The molecule has 2 aromatic carbocycles. The molecule has 0 aliphatic rings. The second-order valence-corrected chi connectivity index (χ2v) is 6.96. The van der Waals surface area contributed by atoms with Gasteiger partial charge in [0.05, 0.1) is 19.0 Å². The van der Waals surface area contributed by atoms with Gasteiger partial charge in [-0.15, -0.1) is 10.2 Å². The molecule has 2 heterocycles. The highest BCUT2D eigenvalue weighted by atomic mass is 16.5. The van der Waals surface area contributed by atoms with E-state index in [0.29, 0.717) is 11.7 Å². The van der Waals surface area contributed by atoms with E-state index in [-0.39, 0.29) is 0 Å². The van der Waals surface area contributed by atoms with Crippen molar-refractivity contribution < 1.29 is 4.74 Å². The number of rotatable bonds is 8. The lowest BCUT2D eigenvalue weighted by Gasteiger charge is -2.24. The standard InChI is InChI=1S/C23H24N6O/c1-3-14-29(19-12-13-22(30-2)24-15-19)16-17-8-10-18(11-9-17)20-6-4-5-7-21(20)23-25-27-28-26-23/h4-13,15H,3,14,16H2,1-2H3,(H,25,26,27,28). The molecule has 4 rings (SSSR count). The van der Waals surface area contributed by atoms with Crippen LogP contribution in [0, 0.1) is 0 Å². The molecule has 4 aromatic rings. The van der Waals surface area contributed by atoms with Crippen molar-refractivity contribution in [1.29, 1.82) is 0 Å². The van der Waals surface area contributed by atoms with Gasteiger partial charge in [-0.25, -0.2) is 4.98 Å². The van der Waals surface area contributed by atoms with E-state index in [4.69, 9.17) is 4.74 Å². The van der Waals surface area contributed by atoms with Crippen LogP contribution in [0.15, 0.2) is 66.9 Å². The lowest BCUT2D eigenvalue weighted by atomic mass is 9.98. The van der Waals surface area contributed by atoms with Crippen LogP contribution >= 0.6 is 0 Å². The molecule has 0 amide bonds. The Labute approximate surface area is 175 Å². The maximum atomic E-state index is 5.17. The Morgan fingerprint density at radius 3 is 2.40 bits per heavy atom. The molecule has 0 fully saturated rings. The van der Waals surface area contributed by atoms with Gasteiger partial charge in [0.15, 0.2) is 0 Å². The van der Waals surface area contributed by atoms with Gasteiger partial charge in [0, 0.05) is 24.7 Å². The van der Waals surface area contributed by atoms with Crippen molar-refractivity contribution in [3.8, 4) is 28.4 Å². The van der Waals surface area contributed by atoms with E-state index in [1.165, 1.54) is 5.56 Å². The molecule has 30 heavy (non-hydrogen) atoms. The third-order valence-electron chi connectivity index (χ3n) is 4.94. The van der Waals surface area contributed by atoms with Gasteiger partial charge in [-0.05, 0) is 34.4 Å². The van der Waals surface area contributed by atoms with Crippen LogP contribution in [-0.4, -0.2) is 39.3 Å². The van der Waals surface area contributed by atoms with E-state index < -0.39 is 0 Å². The van der Waals surface area contributed by atoms with Gasteiger partial charge in [0.25, 0.3) is 0 Å². The second kappa shape index (κ2) is 9.17.